The Balaban J connectivity index is 2.23. The van der Waals surface area contributed by atoms with Crippen molar-refractivity contribution < 1.29 is 21.9 Å². The van der Waals surface area contributed by atoms with E-state index in [0.29, 0.717) is 13.0 Å². The highest BCUT2D eigenvalue weighted by Gasteiger charge is 2.26. The van der Waals surface area contributed by atoms with Gasteiger partial charge in [0, 0.05) is 12.6 Å². The normalized spacial score (nSPS) is 19.8. The highest BCUT2D eigenvalue weighted by molar-refractivity contribution is 7.89. The minimum Gasteiger partial charge on any atom is -0.433 e. The van der Waals surface area contributed by atoms with Gasteiger partial charge in [0.25, 0.3) is 0 Å². The van der Waals surface area contributed by atoms with Crippen LogP contribution in [0.15, 0.2) is 29.2 Å². The average Bonchev–Trinajstić information content (AvgIpc) is 2.80. The number of ether oxygens (including phenoxy) is 1. The first-order valence-corrected chi connectivity index (χ1v) is 7.24. The number of alkyl halides is 2. The second-order valence-corrected chi connectivity index (χ2v) is 5.82. The van der Waals surface area contributed by atoms with Gasteiger partial charge in [-0.05, 0) is 25.1 Å². The molecule has 0 aromatic heterocycles. The minimum absolute atomic E-state index is 0.232. The molecule has 0 aliphatic carbocycles. The molecule has 1 atom stereocenters. The van der Waals surface area contributed by atoms with Crippen molar-refractivity contribution in [1.29, 1.82) is 0 Å². The van der Waals surface area contributed by atoms with E-state index >= 15 is 0 Å². The number of nitrogens with one attached hydrogen (secondary N) is 2. The molecule has 0 amide bonds. The number of rotatable bonds is 5. The van der Waals surface area contributed by atoms with Crippen LogP contribution in [0.3, 0.4) is 0 Å². The van der Waals surface area contributed by atoms with Crippen LogP contribution in [-0.4, -0.2) is 34.2 Å². The van der Waals surface area contributed by atoms with Gasteiger partial charge in [-0.2, -0.15) is 8.78 Å². The third kappa shape index (κ3) is 3.62. The van der Waals surface area contributed by atoms with Crippen molar-refractivity contribution >= 4 is 10.0 Å². The van der Waals surface area contributed by atoms with Crippen LogP contribution in [-0.2, 0) is 10.0 Å². The summed E-state index contributed by atoms with van der Waals surface area (Å²) in [5.41, 5.74) is 0. The molecule has 0 saturated carbocycles. The molecule has 0 bridgehead atoms. The molecule has 1 fully saturated rings. The molecule has 1 aromatic rings. The van der Waals surface area contributed by atoms with Crippen LogP contribution in [0, 0.1) is 0 Å². The molecule has 2 rings (SSSR count). The molecular weight excluding hydrogens is 278 g/mol. The fraction of sp³-hybridized carbons (Fsp3) is 0.455. The molecule has 1 unspecified atom stereocenters. The van der Waals surface area contributed by atoms with Crippen molar-refractivity contribution in [2.45, 2.75) is 24.0 Å². The maximum atomic E-state index is 12.2. The molecular formula is C11H14F2N2O3S. The minimum atomic E-state index is -3.87. The lowest BCUT2D eigenvalue weighted by Gasteiger charge is -2.14. The monoisotopic (exact) mass is 292 g/mol. The molecule has 106 valence electrons. The lowest BCUT2D eigenvalue weighted by Crippen LogP contribution is -2.36. The molecule has 0 radical (unpaired) electrons. The molecule has 1 saturated heterocycles. The van der Waals surface area contributed by atoms with E-state index in [4.69, 9.17) is 0 Å². The zero-order chi connectivity index (χ0) is 13.9. The lowest BCUT2D eigenvalue weighted by molar-refractivity contribution is -0.0517. The highest BCUT2D eigenvalue weighted by Crippen LogP contribution is 2.25. The number of halogens is 2. The van der Waals surface area contributed by atoms with Crippen LogP contribution in [0.25, 0.3) is 0 Å². The van der Waals surface area contributed by atoms with Gasteiger partial charge >= 0.3 is 6.61 Å². The lowest BCUT2D eigenvalue weighted by atomic mass is 10.3. The maximum absolute atomic E-state index is 12.2. The number of para-hydroxylation sites is 1. The second kappa shape index (κ2) is 5.81. The second-order valence-electron chi connectivity index (χ2n) is 4.14. The molecule has 1 aromatic carbocycles. The molecule has 0 spiro atoms. The van der Waals surface area contributed by atoms with Crippen LogP contribution in [0.4, 0.5) is 8.78 Å². The van der Waals surface area contributed by atoms with Gasteiger partial charge in [-0.1, -0.05) is 12.1 Å². The molecule has 2 N–H and O–H groups in total. The Labute approximate surface area is 110 Å². The predicted molar refractivity (Wildman–Crippen MR) is 64.7 cm³/mol. The predicted octanol–water partition coefficient (Wildman–Crippen LogP) is 0.928. The van der Waals surface area contributed by atoms with Gasteiger partial charge in [0.15, 0.2) is 0 Å². The Morgan fingerprint density at radius 1 is 1.37 bits per heavy atom. The highest BCUT2D eigenvalue weighted by atomic mass is 32.2. The quantitative estimate of drug-likeness (QED) is 0.847. The molecule has 1 aliphatic heterocycles. The van der Waals surface area contributed by atoms with Gasteiger partial charge in [-0.25, -0.2) is 13.1 Å². The fourth-order valence-corrected chi connectivity index (χ4v) is 3.31. The fourth-order valence-electron chi connectivity index (χ4n) is 1.90. The van der Waals surface area contributed by atoms with Crippen molar-refractivity contribution in [2.24, 2.45) is 0 Å². The zero-order valence-corrected chi connectivity index (χ0v) is 10.8. The summed E-state index contributed by atoms with van der Waals surface area (Å²) < 4.78 is 55.4. The zero-order valence-electron chi connectivity index (χ0n) is 9.97. The van der Waals surface area contributed by atoms with Crippen molar-refractivity contribution in [3.05, 3.63) is 24.3 Å². The summed E-state index contributed by atoms with van der Waals surface area (Å²) in [5.74, 6) is -0.351. The Hall–Kier alpha value is -1.25. The summed E-state index contributed by atoms with van der Waals surface area (Å²) in [4.78, 5) is -0.276. The first kappa shape index (κ1) is 14.2. The number of benzene rings is 1. The Bertz CT molecular complexity index is 530. The van der Waals surface area contributed by atoms with Gasteiger partial charge in [0.05, 0.1) is 0 Å². The van der Waals surface area contributed by atoms with E-state index in [9.17, 15) is 17.2 Å². The Morgan fingerprint density at radius 2 is 2.11 bits per heavy atom. The molecule has 5 nitrogen and oxygen atoms in total. The Kier molecular flexibility index (Phi) is 4.33. The molecule has 8 heteroatoms. The van der Waals surface area contributed by atoms with Gasteiger partial charge in [-0.3, -0.25) is 0 Å². The van der Waals surface area contributed by atoms with Crippen molar-refractivity contribution in [2.75, 3.05) is 13.1 Å². The smallest absolute Gasteiger partial charge is 0.387 e. The van der Waals surface area contributed by atoms with Crippen molar-refractivity contribution in [1.82, 2.24) is 10.0 Å². The van der Waals surface area contributed by atoms with E-state index in [0.717, 1.165) is 6.54 Å². The summed E-state index contributed by atoms with van der Waals surface area (Å²) in [6.45, 7) is -1.82. The van der Waals surface area contributed by atoms with E-state index in [1.165, 1.54) is 24.3 Å². The van der Waals surface area contributed by atoms with Crippen LogP contribution in [0.2, 0.25) is 0 Å². The van der Waals surface area contributed by atoms with Gasteiger partial charge in [-0.15, -0.1) is 0 Å². The molecule has 1 heterocycles. The number of hydrogen-bond donors (Lipinski definition) is 2. The summed E-state index contributed by atoms with van der Waals surface area (Å²) in [7, 11) is -3.87. The maximum Gasteiger partial charge on any atom is 0.387 e. The van der Waals surface area contributed by atoms with E-state index in [-0.39, 0.29) is 16.7 Å². The largest absolute Gasteiger partial charge is 0.433 e. The summed E-state index contributed by atoms with van der Waals surface area (Å²) >= 11 is 0. The number of sulfonamides is 1. The summed E-state index contributed by atoms with van der Waals surface area (Å²) in [6, 6.07) is 5.11. The molecule has 1 aliphatic rings. The summed E-state index contributed by atoms with van der Waals surface area (Å²) in [5, 5.41) is 3.02. The first-order chi connectivity index (χ1) is 8.99. The number of hydrogen-bond acceptors (Lipinski definition) is 4. The van der Waals surface area contributed by atoms with Crippen molar-refractivity contribution in [3.63, 3.8) is 0 Å². The van der Waals surface area contributed by atoms with Crippen LogP contribution in [0.5, 0.6) is 5.75 Å². The van der Waals surface area contributed by atoms with Crippen LogP contribution >= 0.6 is 0 Å². The summed E-state index contributed by atoms with van der Waals surface area (Å²) in [6.07, 6.45) is 0.664. The standard InChI is InChI=1S/C11H14F2N2O3S/c12-11(13)18-9-3-1-2-4-10(9)19(16,17)15-8-5-6-14-7-8/h1-4,8,11,14-15H,5-7H2. The third-order valence-corrected chi connectivity index (χ3v) is 4.30. The van der Waals surface area contributed by atoms with E-state index in [1.807, 2.05) is 0 Å². The molecule has 19 heavy (non-hydrogen) atoms. The van der Waals surface area contributed by atoms with E-state index in [2.05, 4.69) is 14.8 Å². The van der Waals surface area contributed by atoms with E-state index < -0.39 is 16.6 Å². The topological polar surface area (TPSA) is 67.4 Å². The average molecular weight is 292 g/mol. The van der Waals surface area contributed by atoms with Gasteiger partial charge in [0.1, 0.15) is 10.6 Å². The van der Waals surface area contributed by atoms with E-state index in [1.54, 1.807) is 0 Å². The third-order valence-electron chi connectivity index (χ3n) is 2.74. The Morgan fingerprint density at radius 3 is 2.74 bits per heavy atom. The van der Waals surface area contributed by atoms with Crippen LogP contribution in [0.1, 0.15) is 6.42 Å². The van der Waals surface area contributed by atoms with Crippen LogP contribution < -0.4 is 14.8 Å². The first-order valence-electron chi connectivity index (χ1n) is 5.76. The SMILES string of the molecule is O=S(=O)(NC1CCNC1)c1ccccc1OC(F)F. The van der Waals surface area contributed by atoms with Gasteiger partial charge < -0.3 is 10.1 Å². The van der Waals surface area contributed by atoms with Crippen molar-refractivity contribution in [3.8, 4) is 5.75 Å². The van der Waals surface area contributed by atoms with Gasteiger partial charge in [0.2, 0.25) is 10.0 Å².